The SMILES string of the molecule is CSc1ccc(C(=O)Nc2cccc(C3(C)CC(=O)N(C)C(N)=N3)c2)nc1. The molecule has 8 heteroatoms. The van der Waals surface area contributed by atoms with Crippen LogP contribution in [0.1, 0.15) is 29.4 Å². The zero-order valence-corrected chi connectivity index (χ0v) is 16.2. The fourth-order valence-electron chi connectivity index (χ4n) is 2.84. The normalized spacial score (nSPS) is 19.6. The van der Waals surface area contributed by atoms with Crippen LogP contribution in [0.15, 0.2) is 52.5 Å². The molecule has 0 saturated carbocycles. The lowest BCUT2D eigenvalue weighted by Gasteiger charge is -2.33. The summed E-state index contributed by atoms with van der Waals surface area (Å²) in [5, 5.41) is 2.84. The summed E-state index contributed by atoms with van der Waals surface area (Å²) in [5.74, 6) is -0.216. The molecule has 0 fully saturated rings. The molecule has 1 unspecified atom stereocenters. The Morgan fingerprint density at radius 1 is 1.33 bits per heavy atom. The highest BCUT2D eigenvalue weighted by atomic mass is 32.2. The lowest BCUT2D eigenvalue weighted by molar-refractivity contribution is -0.128. The van der Waals surface area contributed by atoms with Crippen LogP contribution in [0.2, 0.25) is 0 Å². The number of nitrogens with zero attached hydrogens (tertiary/aromatic N) is 3. The number of hydrogen-bond acceptors (Lipinski definition) is 6. The molecular formula is C19H21N5O2S. The van der Waals surface area contributed by atoms with Crippen molar-refractivity contribution in [2.24, 2.45) is 10.7 Å². The van der Waals surface area contributed by atoms with Crippen LogP contribution in [0.5, 0.6) is 0 Å². The third kappa shape index (κ3) is 3.95. The van der Waals surface area contributed by atoms with Crippen molar-refractivity contribution in [3.05, 3.63) is 53.9 Å². The van der Waals surface area contributed by atoms with Crippen LogP contribution in [0.4, 0.5) is 5.69 Å². The van der Waals surface area contributed by atoms with Gasteiger partial charge in [0.25, 0.3) is 5.91 Å². The first-order valence-electron chi connectivity index (χ1n) is 8.36. The zero-order valence-electron chi connectivity index (χ0n) is 15.4. The Balaban J connectivity index is 1.83. The number of nitrogens with two attached hydrogens (primary N) is 1. The van der Waals surface area contributed by atoms with Crippen LogP contribution in [-0.4, -0.2) is 41.0 Å². The predicted molar refractivity (Wildman–Crippen MR) is 107 cm³/mol. The number of rotatable bonds is 4. The van der Waals surface area contributed by atoms with Crippen molar-refractivity contribution in [2.75, 3.05) is 18.6 Å². The quantitative estimate of drug-likeness (QED) is 0.790. The van der Waals surface area contributed by atoms with E-state index in [0.717, 1.165) is 10.5 Å². The van der Waals surface area contributed by atoms with Crippen molar-refractivity contribution >= 4 is 35.2 Å². The molecule has 1 aromatic carbocycles. The number of carbonyl (C=O) groups excluding carboxylic acids is 2. The number of pyridine rings is 1. The second kappa shape index (κ2) is 7.40. The second-order valence-corrected chi connectivity index (χ2v) is 7.37. The first kappa shape index (κ1) is 18.9. The molecule has 0 aliphatic carbocycles. The highest BCUT2D eigenvalue weighted by molar-refractivity contribution is 7.98. The van der Waals surface area contributed by atoms with Crippen LogP contribution < -0.4 is 11.1 Å². The number of aliphatic imine (C=N–C) groups is 1. The molecule has 2 heterocycles. The lowest BCUT2D eigenvalue weighted by Crippen LogP contribution is -2.47. The monoisotopic (exact) mass is 383 g/mol. The second-order valence-electron chi connectivity index (χ2n) is 6.49. The van der Waals surface area contributed by atoms with E-state index < -0.39 is 5.54 Å². The maximum absolute atomic E-state index is 12.4. The molecule has 1 aromatic heterocycles. The number of carbonyl (C=O) groups is 2. The average molecular weight is 383 g/mol. The summed E-state index contributed by atoms with van der Waals surface area (Å²) in [6, 6.07) is 10.8. The molecular weight excluding hydrogens is 362 g/mol. The summed E-state index contributed by atoms with van der Waals surface area (Å²) in [5.41, 5.74) is 6.85. The average Bonchev–Trinajstić information content (AvgIpc) is 2.66. The van der Waals surface area contributed by atoms with Crippen molar-refractivity contribution in [2.45, 2.75) is 23.8 Å². The van der Waals surface area contributed by atoms with Crippen LogP contribution in [-0.2, 0) is 10.3 Å². The number of nitrogens with one attached hydrogen (secondary N) is 1. The van der Waals surface area contributed by atoms with Crippen LogP contribution >= 0.6 is 11.8 Å². The van der Waals surface area contributed by atoms with E-state index in [2.05, 4.69) is 15.3 Å². The van der Waals surface area contributed by atoms with Gasteiger partial charge in [-0.15, -0.1) is 11.8 Å². The molecule has 1 aliphatic rings. The minimum atomic E-state index is -0.771. The summed E-state index contributed by atoms with van der Waals surface area (Å²) in [4.78, 5) is 35.6. The lowest BCUT2D eigenvalue weighted by atomic mass is 9.87. The molecule has 1 atom stereocenters. The zero-order chi connectivity index (χ0) is 19.6. The van der Waals surface area contributed by atoms with Gasteiger partial charge in [-0.25, -0.2) is 9.98 Å². The number of hydrogen-bond donors (Lipinski definition) is 2. The van der Waals surface area contributed by atoms with Gasteiger partial charge in [-0.05, 0) is 43.0 Å². The van der Waals surface area contributed by atoms with Gasteiger partial charge in [0.05, 0.1) is 12.0 Å². The highest BCUT2D eigenvalue weighted by Crippen LogP contribution is 2.34. The molecule has 7 nitrogen and oxygen atoms in total. The Kier molecular flexibility index (Phi) is 5.18. The molecule has 0 radical (unpaired) electrons. The van der Waals surface area contributed by atoms with E-state index in [1.165, 1.54) is 4.90 Å². The fourth-order valence-corrected chi connectivity index (χ4v) is 3.20. The third-order valence-corrected chi connectivity index (χ3v) is 5.23. The van der Waals surface area contributed by atoms with Gasteiger partial charge in [-0.3, -0.25) is 14.5 Å². The van der Waals surface area contributed by atoms with E-state index in [4.69, 9.17) is 5.73 Å². The maximum atomic E-state index is 12.4. The van der Waals surface area contributed by atoms with Gasteiger partial charge in [0.2, 0.25) is 5.91 Å². The van der Waals surface area contributed by atoms with Gasteiger partial charge < -0.3 is 11.1 Å². The van der Waals surface area contributed by atoms with Crippen LogP contribution in [0, 0.1) is 0 Å². The molecule has 3 rings (SSSR count). The number of anilines is 1. The minimum Gasteiger partial charge on any atom is -0.369 e. The van der Waals surface area contributed by atoms with E-state index in [0.29, 0.717) is 11.4 Å². The fraction of sp³-hybridized carbons (Fsp3) is 0.263. The van der Waals surface area contributed by atoms with Crippen molar-refractivity contribution in [1.29, 1.82) is 0 Å². The van der Waals surface area contributed by atoms with Gasteiger partial charge in [-0.2, -0.15) is 0 Å². The molecule has 2 amide bonds. The van der Waals surface area contributed by atoms with Gasteiger partial charge >= 0.3 is 0 Å². The Labute approximate surface area is 162 Å². The van der Waals surface area contributed by atoms with E-state index in [1.807, 2.05) is 37.4 Å². The summed E-state index contributed by atoms with van der Waals surface area (Å²) < 4.78 is 0. The standard InChI is InChI=1S/C19H21N5O2S/c1-19(10-16(25)24(2)18(20)23-19)12-5-4-6-13(9-12)22-17(26)15-8-7-14(27-3)11-21-15/h4-9,11H,10H2,1-3H3,(H2,20,23)(H,22,26). The highest BCUT2D eigenvalue weighted by Gasteiger charge is 2.36. The van der Waals surface area contributed by atoms with Crippen molar-refractivity contribution in [3.63, 3.8) is 0 Å². The van der Waals surface area contributed by atoms with Gasteiger partial charge in [0.15, 0.2) is 5.96 Å². The van der Waals surface area contributed by atoms with Gasteiger partial charge in [0, 0.05) is 23.8 Å². The van der Waals surface area contributed by atoms with Crippen LogP contribution in [0.25, 0.3) is 0 Å². The predicted octanol–water partition coefficient (Wildman–Crippen LogP) is 2.45. The van der Waals surface area contributed by atoms with E-state index in [9.17, 15) is 9.59 Å². The van der Waals surface area contributed by atoms with Crippen molar-refractivity contribution < 1.29 is 9.59 Å². The van der Waals surface area contributed by atoms with E-state index >= 15 is 0 Å². The topological polar surface area (TPSA) is 101 Å². The third-order valence-electron chi connectivity index (χ3n) is 4.52. The number of thioether (sulfide) groups is 1. The largest absolute Gasteiger partial charge is 0.369 e. The summed E-state index contributed by atoms with van der Waals surface area (Å²) in [6.45, 7) is 1.86. The first-order valence-corrected chi connectivity index (χ1v) is 9.59. The molecule has 1 aliphatic heterocycles. The van der Waals surface area contributed by atoms with Gasteiger partial charge in [-0.1, -0.05) is 12.1 Å². The van der Waals surface area contributed by atoms with E-state index in [1.54, 1.807) is 37.1 Å². The molecule has 3 N–H and O–H groups in total. The molecule has 27 heavy (non-hydrogen) atoms. The number of aromatic nitrogens is 1. The minimum absolute atomic E-state index is 0.0995. The summed E-state index contributed by atoms with van der Waals surface area (Å²) in [7, 11) is 1.60. The van der Waals surface area contributed by atoms with Crippen LogP contribution in [0.3, 0.4) is 0 Å². The van der Waals surface area contributed by atoms with E-state index in [-0.39, 0.29) is 24.2 Å². The Morgan fingerprint density at radius 2 is 2.11 bits per heavy atom. The molecule has 0 saturated heterocycles. The van der Waals surface area contributed by atoms with Crippen molar-refractivity contribution in [1.82, 2.24) is 9.88 Å². The Bertz CT molecular complexity index is 913. The Hall–Kier alpha value is -2.87. The summed E-state index contributed by atoms with van der Waals surface area (Å²) >= 11 is 1.56. The number of benzene rings is 1. The number of guanidine groups is 1. The molecule has 2 aromatic rings. The van der Waals surface area contributed by atoms with Gasteiger partial charge in [0.1, 0.15) is 5.69 Å². The Morgan fingerprint density at radius 3 is 2.74 bits per heavy atom. The molecule has 0 bridgehead atoms. The first-order chi connectivity index (χ1) is 12.8. The summed E-state index contributed by atoms with van der Waals surface area (Å²) in [6.07, 6.45) is 3.82. The molecule has 140 valence electrons. The maximum Gasteiger partial charge on any atom is 0.274 e. The van der Waals surface area contributed by atoms with Crippen molar-refractivity contribution in [3.8, 4) is 0 Å². The number of amides is 2. The molecule has 0 spiro atoms. The smallest absolute Gasteiger partial charge is 0.274 e.